The lowest BCUT2D eigenvalue weighted by Gasteiger charge is -2.22. The number of rotatable bonds is 9. The van der Waals surface area contributed by atoms with Crippen molar-refractivity contribution in [2.45, 2.75) is 74.7 Å². The molecular formula is C31H29Cl2N3O5S2. The molecule has 0 aliphatic heterocycles. The van der Waals surface area contributed by atoms with Crippen molar-refractivity contribution >= 4 is 60.7 Å². The lowest BCUT2D eigenvalue weighted by atomic mass is 9.97. The monoisotopic (exact) mass is 657 g/mol. The Labute approximate surface area is 263 Å². The van der Waals surface area contributed by atoms with Crippen LogP contribution in [0.25, 0.3) is 21.5 Å². The number of hydrogen-bond donors (Lipinski definition) is 1. The molecule has 2 aromatic heterocycles. The van der Waals surface area contributed by atoms with Gasteiger partial charge in [-0.05, 0) is 87.1 Å². The number of nitrogens with one attached hydrogen (secondary N) is 1. The van der Waals surface area contributed by atoms with E-state index in [1.54, 1.807) is 23.5 Å². The minimum atomic E-state index is -3.61. The summed E-state index contributed by atoms with van der Waals surface area (Å²) in [5, 5.41) is 6.08. The van der Waals surface area contributed by atoms with Crippen molar-refractivity contribution in [3.8, 4) is 11.3 Å². The maximum Gasteiger partial charge on any atom is 0.264 e. The van der Waals surface area contributed by atoms with Crippen molar-refractivity contribution in [3.63, 3.8) is 0 Å². The number of thiazole rings is 1. The van der Waals surface area contributed by atoms with E-state index in [9.17, 15) is 13.2 Å². The second kappa shape index (κ2) is 10.5. The Hall–Kier alpha value is -2.50. The van der Waals surface area contributed by atoms with Gasteiger partial charge in [0.15, 0.2) is 0 Å². The number of nitrogens with zero attached hydrogens (tertiary/aromatic N) is 2. The van der Waals surface area contributed by atoms with E-state index in [0.717, 1.165) is 58.7 Å². The van der Waals surface area contributed by atoms with Gasteiger partial charge in [0.1, 0.15) is 11.5 Å². The Kier molecular flexibility index (Phi) is 6.87. The molecular weight excluding hydrogens is 629 g/mol. The van der Waals surface area contributed by atoms with Gasteiger partial charge in [-0.25, -0.2) is 18.1 Å². The van der Waals surface area contributed by atoms with Crippen molar-refractivity contribution < 1.29 is 22.5 Å². The van der Waals surface area contributed by atoms with E-state index < -0.39 is 21.2 Å². The average Bonchev–Trinajstić information content (AvgIpc) is 3.87. The summed E-state index contributed by atoms with van der Waals surface area (Å²) in [7, 11) is -3.61. The summed E-state index contributed by atoms with van der Waals surface area (Å²) in [6, 6.07) is 10.7. The number of carbonyl (C=O) groups is 1. The Morgan fingerprint density at radius 2 is 1.86 bits per heavy atom. The standard InChI is InChI=1S/C31H29Cl2N3O5S2/c32-21-2-1-3-22(33)27(21)28-20(29(41-35-28)15-4-5-15)14-40-24-12-16-6-10-19(24)26(16)31-34-23-11-7-17(13-25(23)42-31)30(37)36-43(38,39)18-8-9-18/h1-3,7,11,13,15-16,18-19,24,26H,4-6,8-10,12,14H2,(H,36,37)/t16?,19?,24-,26?/m1/s1. The van der Waals surface area contributed by atoms with Crippen LogP contribution in [0.2, 0.25) is 10.0 Å². The van der Waals surface area contributed by atoms with Gasteiger partial charge in [-0.2, -0.15) is 0 Å². The zero-order valence-electron chi connectivity index (χ0n) is 23.1. The van der Waals surface area contributed by atoms with Gasteiger partial charge in [0, 0.05) is 28.5 Å². The Bertz CT molecular complexity index is 1840. The fraction of sp³-hybridized carbons (Fsp3) is 0.452. The second-order valence-corrected chi connectivity index (χ2v) is 16.1. The summed E-state index contributed by atoms with van der Waals surface area (Å²) in [5.74, 6) is 1.75. The highest BCUT2D eigenvalue weighted by atomic mass is 35.5. The van der Waals surface area contributed by atoms with Crippen molar-refractivity contribution in [1.29, 1.82) is 0 Å². The third-order valence-corrected chi connectivity index (χ3v) is 13.0. The number of amides is 1. The zero-order chi connectivity index (χ0) is 29.5. The van der Waals surface area contributed by atoms with Gasteiger partial charge in [0.05, 0.1) is 43.2 Å². The summed E-state index contributed by atoms with van der Waals surface area (Å²) in [5.41, 5.74) is 3.43. The van der Waals surface area contributed by atoms with E-state index in [1.165, 1.54) is 0 Å². The van der Waals surface area contributed by atoms with Crippen LogP contribution in [0, 0.1) is 11.8 Å². The number of sulfonamides is 1. The molecule has 4 aliphatic rings. The number of carbonyl (C=O) groups excluding carboxylic acids is 1. The van der Waals surface area contributed by atoms with Gasteiger partial charge in [-0.1, -0.05) is 34.4 Å². The number of hydrogen-bond acceptors (Lipinski definition) is 8. The molecule has 4 aliphatic carbocycles. The molecule has 2 heterocycles. The molecule has 43 heavy (non-hydrogen) atoms. The van der Waals surface area contributed by atoms with Crippen LogP contribution in [0.4, 0.5) is 0 Å². The number of halogens is 2. The van der Waals surface area contributed by atoms with E-state index in [0.29, 0.717) is 64.1 Å². The highest BCUT2D eigenvalue weighted by Gasteiger charge is 2.50. The fourth-order valence-corrected chi connectivity index (χ4v) is 10.1. The van der Waals surface area contributed by atoms with Gasteiger partial charge in [0.25, 0.3) is 5.91 Å². The molecule has 3 unspecified atom stereocenters. The van der Waals surface area contributed by atoms with Gasteiger partial charge in [-0.15, -0.1) is 11.3 Å². The van der Waals surface area contributed by atoms with Gasteiger partial charge in [-0.3, -0.25) is 4.79 Å². The Balaban J connectivity index is 1.01. The van der Waals surface area contributed by atoms with Crippen LogP contribution in [0.5, 0.6) is 0 Å². The summed E-state index contributed by atoms with van der Waals surface area (Å²) in [4.78, 5) is 17.7. The van der Waals surface area contributed by atoms with Gasteiger partial charge >= 0.3 is 0 Å². The van der Waals surface area contributed by atoms with E-state index in [4.69, 9.17) is 37.4 Å². The molecule has 8 rings (SSSR count). The van der Waals surface area contributed by atoms with E-state index in [2.05, 4.69) is 9.88 Å². The highest BCUT2D eigenvalue weighted by molar-refractivity contribution is 7.91. The van der Waals surface area contributed by atoms with Crippen molar-refractivity contribution in [2.24, 2.45) is 11.8 Å². The average molecular weight is 659 g/mol. The third-order valence-electron chi connectivity index (χ3n) is 9.41. The van der Waals surface area contributed by atoms with E-state index >= 15 is 0 Å². The SMILES string of the molecule is O=C(NS(=O)(=O)C1CC1)c1ccc2nc(C3C4CCC3[C@H](OCc3c(-c5c(Cl)cccc5Cl)noc3C3CC3)C4)sc2c1. The van der Waals surface area contributed by atoms with Crippen LogP contribution in [-0.2, 0) is 21.4 Å². The maximum absolute atomic E-state index is 12.7. The molecule has 2 bridgehead atoms. The first-order valence-electron chi connectivity index (χ1n) is 14.8. The topological polar surface area (TPSA) is 111 Å². The predicted molar refractivity (Wildman–Crippen MR) is 165 cm³/mol. The lowest BCUT2D eigenvalue weighted by Crippen LogP contribution is -2.33. The molecule has 8 nitrogen and oxygen atoms in total. The predicted octanol–water partition coefficient (Wildman–Crippen LogP) is 7.46. The van der Waals surface area contributed by atoms with Crippen molar-refractivity contribution in [2.75, 3.05) is 0 Å². The third kappa shape index (κ3) is 5.09. The molecule has 4 fully saturated rings. The zero-order valence-corrected chi connectivity index (χ0v) is 26.2. The highest BCUT2D eigenvalue weighted by Crippen LogP contribution is 2.57. The molecule has 224 valence electrons. The molecule has 4 aromatic rings. The van der Waals surface area contributed by atoms with Crippen LogP contribution in [0.3, 0.4) is 0 Å². The minimum absolute atomic E-state index is 0.0845. The van der Waals surface area contributed by atoms with Crippen LogP contribution in [-0.4, -0.2) is 35.8 Å². The largest absolute Gasteiger partial charge is 0.373 e. The lowest BCUT2D eigenvalue weighted by molar-refractivity contribution is 0.00348. The summed E-state index contributed by atoms with van der Waals surface area (Å²) < 4.78 is 40.1. The molecule has 0 radical (unpaired) electrons. The molecule has 4 atom stereocenters. The number of ether oxygens (including phenoxy) is 1. The smallest absolute Gasteiger partial charge is 0.264 e. The number of fused-ring (bicyclic) bond motifs is 3. The Morgan fingerprint density at radius 3 is 2.60 bits per heavy atom. The molecule has 12 heteroatoms. The molecule has 1 N–H and O–H groups in total. The molecule has 0 saturated heterocycles. The van der Waals surface area contributed by atoms with Crippen LogP contribution in [0.1, 0.15) is 83.5 Å². The Morgan fingerprint density at radius 1 is 1.07 bits per heavy atom. The van der Waals surface area contributed by atoms with Gasteiger partial charge in [0.2, 0.25) is 10.0 Å². The molecule has 4 saturated carbocycles. The quantitative estimate of drug-likeness (QED) is 0.199. The van der Waals surface area contributed by atoms with Crippen molar-refractivity contribution in [3.05, 3.63) is 68.3 Å². The first kappa shape index (κ1) is 28.0. The number of benzene rings is 2. The first-order valence-corrected chi connectivity index (χ1v) is 17.9. The summed E-state index contributed by atoms with van der Waals surface area (Å²) in [6.07, 6.45) is 6.61. The van der Waals surface area contributed by atoms with Crippen LogP contribution < -0.4 is 4.72 Å². The fourth-order valence-electron chi connectivity index (χ4n) is 6.96. The van der Waals surface area contributed by atoms with Crippen LogP contribution in [0.15, 0.2) is 40.9 Å². The molecule has 0 spiro atoms. The number of aromatic nitrogens is 2. The minimum Gasteiger partial charge on any atom is -0.373 e. The molecule has 2 aromatic carbocycles. The summed E-state index contributed by atoms with van der Waals surface area (Å²) >= 11 is 14.7. The first-order chi connectivity index (χ1) is 20.8. The normalized spacial score (nSPS) is 25.1. The maximum atomic E-state index is 12.7. The summed E-state index contributed by atoms with van der Waals surface area (Å²) in [6.45, 7) is 0.384. The van der Waals surface area contributed by atoms with E-state index in [1.807, 2.05) is 24.3 Å². The van der Waals surface area contributed by atoms with Gasteiger partial charge < -0.3 is 9.26 Å². The van der Waals surface area contributed by atoms with E-state index in [-0.39, 0.29) is 12.0 Å². The molecule has 1 amide bonds. The second-order valence-electron chi connectivity index (χ2n) is 12.3. The van der Waals surface area contributed by atoms with Crippen molar-refractivity contribution in [1.82, 2.24) is 14.9 Å². The van der Waals surface area contributed by atoms with Crippen LogP contribution >= 0.6 is 34.5 Å².